The van der Waals surface area contributed by atoms with E-state index in [9.17, 15) is 13.2 Å². The number of methoxy groups -OCH3 is 1. The molecule has 0 spiro atoms. The van der Waals surface area contributed by atoms with Gasteiger partial charge in [-0.25, -0.2) is 8.42 Å². The summed E-state index contributed by atoms with van der Waals surface area (Å²) < 4.78 is 40.4. The largest absolute Gasteiger partial charge is 0.497 e. The van der Waals surface area contributed by atoms with Gasteiger partial charge < -0.3 is 9.26 Å². The zero-order valence-corrected chi connectivity index (χ0v) is 21.1. The molecule has 9 nitrogen and oxygen atoms in total. The summed E-state index contributed by atoms with van der Waals surface area (Å²) in [5.74, 6) is 1.13. The monoisotopic (exact) mass is 522 g/mol. The van der Waals surface area contributed by atoms with Crippen LogP contribution >= 0.6 is 11.3 Å². The quantitative estimate of drug-likeness (QED) is 0.303. The molecule has 0 bridgehead atoms. The fraction of sp³-hybridized carbons (Fsp3) is 0.160. The van der Waals surface area contributed by atoms with E-state index in [1.165, 1.54) is 19.2 Å². The van der Waals surface area contributed by atoms with Gasteiger partial charge in [-0.15, -0.1) is 0 Å². The van der Waals surface area contributed by atoms with E-state index in [4.69, 9.17) is 9.26 Å². The first kappa shape index (κ1) is 23.9. The average Bonchev–Trinajstić information content (AvgIpc) is 3.48. The van der Waals surface area contributed by atoms with E-state index in [1.807, 2.05) is 36.4 Å². The van der Waals surface area contributed by atoms with Crippen molar-refractivity contribution in [3.63, 3.8) is 0 Å². The summed E-state index contributed by atoms with van der Waals surface area (Å²) in [5, 5.41) is 3.96. The maximum absolute atomic E-state index is 13.3. The van der Waals surface area contributed by atoms with E-state index >= 15 is 0 Å². The molecule has 5 rings (SSSR count). The summed E-state index contributed by atoms with van der Waals surface area (Å²) in [6.07, 6.45) is 0. The Kier molecular flexibility index (Phi) is 6.44. The van der Waals surface area contributed by atoms with Crippen LogP contribution in [0.25, 0.3) is 21.6 Å². The highest BCUT2D eigenvalue weighted by Crippen LogP contribution is 2.26. The predicted molar refractivity (Wildman–Crippen MR) is 137 cm³/mol. The molecule has 0 atom stereocenters. The van der Waals surface area contributed by atoms with Gasteiger partial charge in [0.05, 0.1) is 35.3 Å². The fourth-order valence-corrected chi connectivity index (χ4v) is 5.93. The number of fused-ring (bicyclic) bond motifs is 1. The lowest BCUT2D eigenvalue weighted by Crippen LogP contribution is -2.26. The third-order valence-electron chi connectivity index (χ3n) is 5.69. The Bertz CT molecular complexity index is 1690. The second kappa shape index (κ2) is 9.69. The van der Waals surface area contributed by atoms with Gasteiger partial charge >= 0.3 is 4.87 Å². The lowest BCUT2D eigenvalue weighted by Gasteiger charge is -2.15. The maximum atomic E-state index is 13.3. The Labute approximate surface area is 211 Å². The van der Waals surface area contributed by atoms with Crippen LogP contribution in [0.5, 0.6) is 5.75 Å². The van der Waals surface area contributed by atoms with Crippen molar-refractivity contribution in [2.75, 3.05) is 14.2 Å². The Hall–Kier alpha value is -3.80. The minimum absolute atomic E-state index is 0.0816. The second-order valence-corrected chi connectivity index (χ2v) is 11.1. The smallest absolute Gasteiger partial charge is 0.308 e. The van der Waals surface area contributed by atoms with E-state index in [-0.39, 0.29) is 22.2 Å². The van der Waals surface area contributed by atoms with Crippen LogP contribution in [0.3, 0.4) is 0 Å². The molecule has 5 aromatic rings. The molecule has 11 heteroatoms. The standard InChI is InChI=1S/C25H22N4O5S2/c1-28(16-23-26-24(27-34-23)18-9-6-10-19(13-18)33-2)36(31,32)20-11-12-21-22(14-20)35-25(30)29(21)15-17-7-4-3-5-8-17/h3-14H,15-16H2,1-2H3. The number of ether oxygens (including phenoxy) is 1. The van der Waals surface area contributed by atoms with Gasteiger partial charge in [0.25, 0.3) is 0 Å². The van der Waals surface area contributed by atoms with Crippen LogP contribution in [-0.2, 0) is 23.1 Å². The van der Waals surface area contributed by atoms with E-state index in [0.29, 0.717) is 33.9 Å². The second-order valence-electron chi connectivity index (χ2n) is 8.07. The topological polar surface area (TPSA) is 108 Å². The van der Waals surface area contributed by atoms with Gasteiger partial charge in [0.15, 0.2) is 0 Å². The first-order chi connectivity index (χ1) is 17.3. The molecule has 0 unspecified atom stereocenters. The molecule has 0 aliphatic carbocycles. The third-order valence-corrected chi connectivity index (χ3v) is 8.43. The molecule has 36 heavy (non-hydrogen) atoms. The van der Waals surface area contributed by atoms with Crippen molar-refractivity contribution in [3.05, 3.63) is 93.9 Å². The molecule has 0 saturated heterocycles. The number of hydrogen-bond donors (Lipinski definition) is 0. The van der Waals surface area contributed by atoms with E-state index in [2.05, 4.69) is 10.1 Å². The molecule has 184 valence electrons. The normalized spacial score (nSPS) is 11.9. The summed E-state index contributed by atoms with van der Waals surface area (Å²) in [6.45, 7) is 0.307. The van der Waals surface area contributed by atoms with Gasteiger partial charge in [-0.3, -0.25) is 9.36 Å². The Balaban J connectivity index is 1.37. The molecule has 0 N–H and O–H groups in total. The van der Waals surface area contributed by atoms with Gasteiger partial charge in [0.2, 0.25) is 21.7 Å². The Morgan fingerprint density at radius 1 is 1.06 bits per heavy atom. The fourth-order valence-electron chi connectivity index (χ4n) is 3.78. The maximum Gasteiger partial charge on any atom is 0.308 e. The molecule has 0 radical (unpaired) electrons. The minimum Gasteiger partial charge on any atom is -0.497 e. The summed E-state index contributed by atoms with van der Waals surface area (Å²) in [4.78, 5) is 16.9. The van der Waals surface area contributed by atoms with Crippen molar-refractivity contribution >= 4 is 31.6 Å². The van der Waals surface area contributed by atoms with Gasteiger partial charge in [-0.2, -0.15) is 9.29 Å². The number of rotatable bonds is 8. The van der Waals surface area contributed by atoms with Crippen LogP contribution in [0.15, 0.2) is 87.0 Å². The van der Waals surface area contributed by atoms with Crippen molar-refractivity contribution in [1.82, 2.24) is 19.0 Å². The van der Waals surface area contributed by atoms with Crippen LogP contribution in [0, 0.1) is 0 Å². The lowest BCUT2D eigenvalue weighted by atomic mass is 10.2. The van der Waals surface area contributed by atoms with Crippen LogP contribution in [-0.4, -0.2) is 41.6 Å². The third kappa shape index (κ3) is 4.68. The van der Waals surface area contributed by atoms with Gasteiger partial charge in [0, 0.05) is 12.6 Å². The summed E-state index contributed by atoms with van der Waals surface area (Å²) in [5.41, 5.74) is 2.37. The van der Waals surface area contributed by atoms with E-state index < -0.39 is 10.0 Å². The SMILES string of the molecule is COc1cccc(-c2noc(CN(C)S(=O)(=O)c3ccc4c(c3)sc(=O)n4Cc3ccccc3)n2)c1. The van der Waals surface area contributed by atoms with E-state index in [0.717, 1.165) is 21.2 Å². The number of sulfonamides is 1. The van der Waals surface area contributed by atoms with Crippen LogP contribution in [0.1, 0.15) is 11.5 Å². The van der Waals surface area contributed by atoms with Crippen LogP contribution in [0.2, 0.25) is 0 Å². The van der Waals surface area contributed by atoms with Crippen molar-refractivity contribution in [2.24, 2.45) is 0 Å². The lowest BCUT2D eigenvalue weighted by molar-refractivity contribution is 0.337. The van der Waals surface area contributed by atoms with Crippen molar-refractivity contribution in [3.8, 4) is 17.1 Å². The summed E-state index contributed by atoms with van der Waals surface area (Å²) >= 11 is 1.02. The van der Waals surface area contributed by atoms with Crippen LogP contribution in [0.4, 0.5) is 0 Å². The van der Waals surface area contributed by atoms with Gasteiger partial charge in [-0.1, -0.05) is 59.0 Å². The zero-order valence-electron chi connectivity index (χ0n) is 19.5. The highest BCUT2D eigenvalue weighted by molar-refractivity contribution is 7.89. The molecule has 2 heterocycles. The molecule has 0 saturated carbocycles. The first-order valence-corrected chi connectivity index (χ1v) is 13.2. The summed E-state index contributed by atoms with van der Waals surface area (Å²) in [6, 6.07) is 21.5. The highest BCUT2D eigenvalue weighted by atomic mass is 32.2. The Morgan fingerprint density at radius 2 is 1.86 bits per heavy atom. The molecule has 3 aromatic carbocycles. The number of benzene rings is 3. The number of thiazole rings is 1. The van der Waals surface area contributed by atoms with Crippen LogP contribution < -0.4 is 9.61 Å². The number of nitrogens with zero attached hydrogens (tertiary/aromatic N) is 4. The zero-order chi connectivity index (χ0) is 25.3. The molecular formula is C25H22N4O5S2. The molecule has 0 aliphatic heterocycles. The van der Waals surface area contributed by atoms with Gasteiger partial charge in [-0.05, 0) is 35.9 Å². The number of hydrogen-bond acceptors (Lipinski definition) is 8. The van der Waals surface area contributed by atoms with Crippen molar-refractivity contribution in [1.29, 1.82) is 0 Å². The molecule has 0 amide bonds. The molecular weight excluding hydrogens is 500 g/mol. The summed E-state index contributed by atoms with van der Waals surface area (Å²) in [7, 11) is -0.870. The van der Waals surface area contributed by atoms with E-state index in [1.54, 1.807) is 35.9 Å². The highest BCUT2D eigenvalue weighted by Gasteiger charge is 2.24. The molecule has 0 aliphatic rings. The Morgan fingerprint density at radius 3 is 2.64 bits per heavy atom. The molecule has 0 fully saturated rings. The minimum atomic E-state index is -3.88. The average molecular weight is 523 g/mol. The molecule has 2 aromatic heterocycles. The van der Waals surface area contributed by atoms with Gasteiger partial charge in [0.1, 0.15) is 5.75 Å². The first-order valence-electron chi connectivity index (χ1n) is 11.0. The number of aromatic nitrogens is 3. The van der Waals surface area contributed by atoms with Crippen molar-refractivity contribution < 1.29 is 17.7 Å². The van der Waals surface area contributed by atoms with Crippen molar-refractivity contribution in [2.45, 2.75) is 18.0 Å². The predicted octanol–water partition coefficient (Wildman–Crippen LogP) is 3.99.